The summed E-state index contributed by atoms with van der Waals surface area (Å²) in [5, 5.41) is 2.57. The Morgan fingerprint density at radius 3 is 2.59 bits per heavy atom. The number of methoxy groups -OCH3 is 1. The number of amidine groups is 1. The summed E-state index contributed by atoms with van der Waals surface area (Å²) in [7, 11) is -3.30. The number of aryl methyl sites for hydroxylation is 1. The average Bonchev–Trinajstić information content (AvgIpc) is 3.53. The number of nitrogens with one attached hydrogen (secondary N) is 2. The Hall–Kier alpha value is -4.23. The number of carbonyl (C=O) groups excluding carboxylic acids is 3. The number of hydrogen-bond donors (Lipinski definition) is 2. The van der Waals surface area contributed by atoms with Crippen LogP contribution in [-0.2, 0) is 30.8 Å². The van der Waals surface area contributed by atoms with Gasteiger partial charge in [0.05, 0.1) is 22.5 Å². The monoisotopic (exact) mass is 571 g/mol. The summed E-state index contributed by atoms with van der Waals surface area (Å²) < 4.78 is 51.7. The van der Waals surface area contributed by atoms with Gasteiger partial charge in [0.2, 0.25) is 0 Å². The van der Waals surface area contributed by atoms with Gasteiger partial charge in [-0.05, 0) is 59.8 Å². The number of nitrogens with zero attached hydrogens (tertiary/aromatic N) is 1. The van der Waals surface area contributed by atoms with Crippen molar-refractivity contribution >= 4 is 50.8 Å². The van der Waals surface area contributed by atoms with E-state index in [1.807, 2.05) is 11.6 Å². The third kappa shape index (κ3) is 6.62. The van der Waals surface area contributed by atoms with Gasteiger partial charge in [0.25, 0.3) is 21.8 Å². The molecule has 39 heavy (non-hydrogen) atoms. The van der Waals surface area contributed by atoms with E-state index < -0.39 is 39.7 Å². The second kappa shape index (κ2) is 11.7. The topological polar surface area (TPSA) is 144 Å². The molecule has 1 aromatic heterocycles. The maximum Gasteiger partial charge on any atom is 0.337 e. The van der Waals surface area contributed by atoms with Gasteiger partial charge in [-0.1, -0.05) is 25.1 Å². The number of aliphatic imine (C=N–C) groups is 1. The Labute approximate surface area is 227 Å². The number of rotatable bonds is 8. The number of ether oxygens (including phenoxy) is 1. The van der Waals surface area contributed by atoms with Crippen LogP contribution in [0.15, 0.2) is 79.9 Å². The number of sulfonamides is 1. The van der Waals surface area contributed by atoms with Gasteiger partial charge < -0.3 is 14.5 Å². The molecule has 4 rings (SSSR count). The molecule has 2 amide bonds. The number of hydrogen-bond acceptors (Lipinski definition) is 9. The molecular weight excluding hydrogens is 549 g/mol. The van der Waals surface area contributed by atoms with Crippen molar-refractivity contribution in [3.05, 3.63) is 94.0 Å². The maximum atomic E-state index is 13.6. The smallest absolute Gasteiger partial charge is 0.337 e. The van der Waals surface area contributed by atoms with Gasteiger partial charge in [-0.15, -0.1) is 0 Å². The molecule has 0 saturated carbocycles. The molecule has 13 heteroatoms. The third-order valence-corrected chi connectivity index (χ3v) is 7.70. The van der Waals surface area contributed by atoms with E-state index in [1.54, 1.807) is 12.1 Å². The standard InChI is InChI=1S/C26H22FN3O7S2/c1-3-18-11-12-19(37-18)14-21-23(31)29-26(38-21)28-22(15-7-9-17(27)10-8-15)24(32)30-39(34,35)20-6-4-5-16(13-20)25(33)36-2/h4-14,22H,3H2,1-2H3,(H,30,32)(H,28,29,31)/b21-14-/t22-/m0/s1. The van der Waals surface area contributed by atoms with E-state index in [-0.39, 0.29) is 26.1 Å². The molecule has 1 aliphatic rings. The molecule has 10 nitrogen and oxygen atoms in total. The fraction of sp³-hybridized carbons (Fsp3) is 0.154. The molecule has 2 aromatic carbocycles. The SMILES string of the molecule is CCc1ccc(/C=C2\SC(=N[C@H](C(=O)NS(=O)(=O)c3cccc(C(=O)OC)c3)c3ccc(F)cc3)NC2=O)o1. The van der Waals surface area contributed by atoms with Crippen LogP contribution in [0, 0.1) is 5.82 Å². The molecule has 0 unspecified atom stereocenters. The van der Waals surface area contributed by atoms with Crippen molar-refractivity contribution in [3.63, 3.8) is 0 Å². The normalized spacial score (nSPS) is 16.2. The van der Waals surface area contributed by atoms with Crippen LogP contribution < -0.4 is 10.0 Å². The Morgan fingerprint density at radius 2 is 1.92 bits per heavy atom. The summed E-state index contributed by atoms with van der Waals surface area (Å²) in [5.74, 6) is -1.68. The molecule has 1 saturated heterocycles. The number of carbonyl (C=O) groups is 3. The lowest BCUT2D eigenvalue weighted by molar-refractivity contribution is -0.120. The van der Waals surface area contributed by atoms with Crippen LogP contribution in [0.2, 0.25) is 0 Å². The van der Waals surface area contributed by atoms with Crippen LogP contribution in [0.25, 0.3) is 6.08 Å². The van der Waals surface area contributed by atoms with Gasteiger partial charge in [0.15, 0.2) is 11.2 Å². The van der Waals surface area contributed by atoms with Crippen molar-refractivity contribution in [1.82, 2.24) is 10.0 Å². The Morgan fingerprint density at radius 1 is 1.18 bits per heavy atom. The van der Waals surface area contributed by atoms with Gasteiger partial charge in [0.1, 0.15) is 17.3 Å². The zero-order valence-corrected chi connectivity index (χ0v) is 22.3. The van der Waals surface area contributed by atoms with Crippen molar-refractivity contribution in [2.45, 2.75) is 24.3 Å². The lowest BCUT2D eigenvalue weighted by atomic mass is 10.1. The molecular formula is C26H22FN3O7S2. The highest BCUT2D eigenvalue weighted by molar-refractivity contribution is 8.18. The molecule has 2 heterocycles. The number of benzene rings is 2. The van der Waals surface area contributed by atoms with Gasteiger partial charge >= 0.3 is 5.97 Å². The lowest BCUT2D eigenvalue weighted by Crippen LogP contribution is -2.35. The Balaban J connectivity index is 1.63. The van der Waals surface area contributed by atoms with Crippen molar-refractivity contribution in [2.24, 2.45) is 4.99 Å². The van der Waals surface area contributed by atoms with Crippen LogP contribution in [0.1, 0.15) is 40.4 Å². The molecule has 0 aliphatic carbocycles. The van der Waals surface area contributed by atoms with Crippen molar-refractivity contribution < 1.29 is 36.3 Å². The molecule has 0 spiro atoms. The second-order valence-electron chi connectivity index (χ2n) is 8.10. The third-order valence-electron chi connectivity index (χ3n) is 5.44. The number of furan rings is 1. The van der Waals surface area contributed by atoms with Gasteiger partial charge in [-0.3, -0.25) is 9.59 Å². The first-order valence-electron chi connectivity index (χ1n) is 11.5. The Kier molecular flexibility index (Phi) is 8.31. The highest BCUT2D eigenvalue weighted by Gasteiger charge is 2.30. The number of halogens is 1. The highest BCUT2D eigenvalue weighted by atomic mass is 32.2. The van der Waals surface area contributed by atoms with E-state index in [0.717, 1.165) is 42.8 Å². The first kappa shape index (κ1) is 27.8. The van der Waals surface area contributed by atoms with E-state index in [0.29, 0.717) is 12.2 Å². The summed E-state index contributed by atoms with van der Waals surface area (Å²) in [6, 6.07) is 11.7. The van der Waals surface area contributed by atoms with E-state index >= 15 is 0 Å². The van der Waals surface area contributed by atoms with Crippen LogP contribution in [0.4, 0.5) is 4.39 Å². The molecule has 0 radical (unpaired) electrons. The summed E-state index contributed by atoms with van der Waals surface area (Å²) in [6.45, 7) is 1.92. The number of amides is 2. The predicted octanol–water partition coefficient (Wildman–Crippen LogP) is 3.57. The zero-order valence-electron chi connectivity index (χ0n) is 20.6. The van der Waals surface area contributed by atoms with E-state index in [1.165, 1.54) is 36.4 Å². The fourth-order valence-corrected chi connectivity index (χ4v) is 5.34. The van der Waals surface area contributed by atoms with Crippen LogP contribution in [0.5, 0.6) is 0 Å². The molecule has 1 atom stereocenters. The molecule has 2 N–H and O–H groups in total. The van der Waals surface area contributed by atoms with Gasteiger partial charge in [-0.2, -0.15) is 0 Å². The van der Waals surface area contributed by atoms with Crippen LogP contribution >= 0.6 is 11.8 Å². The maximum absolute atomic E-state index is 13.6. The Bertz CT molecular complexity index is 1600. The van der Waals surface area contributed by atoms with Crippen molar-refractivity contribution in [1.29, 1.82) is 0 Å². The molecule has 0 bridgehead atoms. The summed E-state index contributed by atoms with van der Waals surface area (Å²) in [4.78, 5) is 41.7. The summed E-state index contributed by atoms with van der Waals surface area (Å²) in [6.07, 6.45) is 2.20. The highest BCUT2D eigenvalue weighted by Crippen LogP contribution is 2.29. The van der Waals surface area contributed by atoms with E-state index in [9.17, 15) is 27.2 Å². The predicted molar refractivity (Wildman–Crippen MR) is 141 cm³/mol. The minimum absolute atomic E-state index is 0.0306. The van der Waals surface area contributed by atoms with E-state index in [2.05, 4.69) is 15.0 Å². The first-order valence-corrected chi connectivity index (χ1v) is 13.8. The molecule has 1 fully saturated rings. The van der Waals surface area contributed by atoms with Crippen molar-refractivity contribution in [3.8, 4) is 0 Å². The molecule has 3 aromatic rings. The molecule has 202 valence electrons. The largest absolute Gasteiger partial charge is 0.465 e. The van der Waals surface area contributed by atoms with Crippen LogP contribution in [-0.4, -0.2) is 38.5 Å². The van der Waals surface area contributed by atoms with Crippen molar-refractivity contribution in [2.75, 3.05) is 7.11 Å². The number of thioether (sulfide) groups is 1. The van der Waals surface area contributed by atoms with Crippen LogP contribution in [0.3, 0.4) is 0 Å². The average molecular weight is 572 g/mol. The lowest BCUT2D eigenvalue weighted by Gasteiger charge is -2.15. The van der Waals surface area contributed by atoms with E-state index in [4.69, 9.17) is 4.42 Å². The minimum Gasteiger partial charge on any atom is -0.465 e. The minimum atomic E-state index is -4.45. The number of esters is 1. The van der Waals surface area contributed by atoms with Gasteiger partial charge in [0, 0.05) is 12.5 Å². The molecule has 1 aliphatic heterocycles. The quantitative estimate of drug-likeness (QED) is 0.308. The second-order valence-corrected chi connectivity index (χ2v) is 10.8. The summed E-state index contributed by atoms with van der Waals surface area (Å²) in [5.41, 5.74) is 0.140. The van der Waals surface area contributed by atoms with Gasteiger partial charge in [-0.25, -0.2) is 27.3 Å². The fourth-order valence-electron chi connectivity index (χ4n) is 3.48. The summed E-state index contributed by atoms with van der Waals surface area (Å²) >= 11 is 0.932. The first-order chi connectivity index (χ1) is 18.6. The zero-order chi connectivity index (χ0) is 28.2.